The molecule has 0 bridgehead atoms. The third-order valence-electron chi connectivity index (χ3n) is 5.01. The van der Waals surface area contributed by atoms with Gasteiger partial charge in [-0.1, -0.05) is 13.0 Å². The number of piperidine rings is 1. The maximum Gasteiger partial charge on any atom is 0.319 e. The predicted molar refractivity (Wildman–Crippen MR) is 106 cm³/mol. The molecule has 1 aromatic carbocycles. The molecule has 0 spiro atoms. The number of amides is 3. The van der Waals surface area contributed by atoms with Gasteiger partial charge in [-0.05, 0) is 56.8 Å². The molecule has 144 valence electrons. The highest BCUT2D eigenvalue weighted by Crippen LogP contribution is 2.19. The molecule has 1 saturated heterocycles. The highest BCUT2D eigenvalue weighted by molar-refractivity contribution is 5.97. The van der Waals surface area contributed by atoms with Crippen molar-refractivity contribution < 1.29 is 9.59 Å². The van der Waals surface area contributed by atoms with E-state index in [1.165, 1.54) is 17.7 Å². The second-order valence-electron chi connectivity index (χ2n) is 7.66. The van der Waals surface area contributed by atoms with Gasteiger partial charge in [0, 0.05) is 44.5 Å². The minimum absolute atomic E-state index is 0.0821. The number of nitrogens with zero attached hydrogens (tertiary/aromatic N) is 2. The van der Waals surface area contributed by atoms with Crippen molar-refractivity contribution in [1.29, 1.82) is 0 Å². The first-order valence-corrected chi connectivity index (χ1v) is 9.39. The summed E-state index contributed by atoms with van der Waals surface area (Å²) in [6, 6.07) is 5.43. The number of benzene rings is 1. The van der Waals surface area contributed by atoms with Crippen LogP contribution in [0.1, 0.15) is 42.6 Å². The van der Waals surface area contributed by atoms with Gasteiger partial charge in [0.25, 0.3) is 5.91 Å². The minimum Gasteiger partial charge on any atom is -0.345 e. The van der Waals surface area contributed by atoms with Gasteiger partial charge in [0.15, 0.2) is 0 Å². The van der Waals surface area contributed by atoms with Crippen molar-refractivity contribution in [2.24, 2.45) is 5.92 Å². The third-order valence-corrected chi connectivity index (χ3v) is 5.01. The number of likely N-dealkylation sites (tertiary alicyclic amines) is 1. The van der Waals surface area contributed by atoms with Crippen molar-refractivity contribution in [1.82, 2.24) is 15.1 Å². The Morgan fingerprint density at radius 2 is 2.08 bits per heavy atom. The summed E-state index contributed by atoms with van der Waals surface area (Å²) in [5.41, 5.74) is 2.15. The number of urea groups is 1. The molecule has 0 radical (unpaired) electrons. The Morgan fingerprint density at radius 3 is 2.73 bits per heavy atom. The van der Waals surface area contributed by atoms with E-state index in [9.17, 15) is 9.59 Å². The van der Waals surface area contributed by atoms with Gasteiger partial charge in [0.05, 0.1) is 0 Å². The van der Waals surface area contributed by atoms with Crippen molar-refractivity contribution in [3.8, 4) is 0 Å². The number of hydrogen-bond donors (Lipinski definition) is 2. The number of carbonyl (C=O) groups is 2. The zero-order valence-electron chi connectivity index (χ0n) is 16.6. The number of anilines is 1. The SMILES string of the molecule is Cc1ccc(C(=O)N(C)C)cc1NC(=O)NC[C@H](C)N1CCC[C@H](C)C1. The lowest BCUT2D eigenvalue weighted by atomic mass is 9.99. The molecule has 26 heavy (non-hydrogen) atoms. The fraction of sp³-hybridized carbons (Fsp3) is 0.600. The first-order chi connectivity index (χ1) is 12.3. The monoisotopic (exact) mass is 360 g/mol. The van der Waals surface area contributed by atoms with Crippen molar-refractivity contribution in [3.63, 3.8) is 0 Å². The first kappa shape index (κ1) is 20.2. The Morgan fingerprint density at radius 1 is 1.35 bits per heavy atom. The molecule has 3 amide bonds. The zero-order chi connectivity index (χ0) is 19.3. The van der Waals surface area contributed by atoms with Gasteiger partial charge in [-0.3, -0.25) is 9.69 Å². The van der Waals surface area contributed by atoms with Gasteiger partial charge in [-0.15, -0.1) is 0 Å². The Balaban J connectivity index is 1.91. The van der Waals surface area contributed by atoms with E-state index in [4.69, 9.17) is 0 Å². The molecule has 0 saturated carbocycles. The summed E-state index contributed by atoms with van der Waals surface area (Å²) in [7, 11) is 3.43. The Labute approximate surface area is 156 Å². The van der Waals surface area contributed by atoms with E-state index in [2.05, 4.69) is 29.4 Å². The number of hydrogen-bond acceptors (Lipinski definition) is 3. The summed E-state index contributed by atoms with van der Waals surface area (Å²) < 4.78 is 0. The second kappa shape index (κ2) is 9.03. The smallest absolute Gasteiger partial charge is 0.319 e. The Kier molecular flexibility index (Phi) is 7.03. The van der Waals surface area contributed by atoms with Crippen LogP contribution in [0.3, 0.4) is 0 Å². The van der Waals surface area contributed by atoms with Gasteiger partial charge in [0.1, 0.15) is 0 Å². The number of nitrogens with one attached hydrogen (secondary N) is 2. The normalized spacial score (nSPS) is 18.9. The van der Waals surface area contributed by atoms with Crippen molar-refractivity contribution in [2.45, 2.75) is 39.7 Å². The molecule has 6 nitrogen and oxygen atoms in total. The molecule has 1 aliphatic rings. The van der Waals surface area contributed by atoms with E-state index in [1.54, 1.807) is 26.2 Å². The summed E-state index contributed by atoms with van der Waals surface area (Å²) in [6.45, 7) is 9.15. The van der Waals surface area contributed by atoms with Crippen LogP contribution in [-0.4, -0.2) is 61.5 Å². The largest absolute Gasteiger partial charge is 0.345 e. The molecule has 2 atom stereocenters. The van der Waals surface area contributed by atoms with Crippen molar-refractivity contribution >= 4 is 17.6 Å². The van der Waals surface area contributed by atoms with Crippen LogP contribution in [0.25, 0.3) is 0 Å². The summed E-state index contributed by atoms with van der Waals surface area (Å²) >= 11 is 0. The fourth-order valence-corrected chi connectivity index (χ4v) is 3.31. The van der Waals surface area contributed by atoms with Crippen LogP contribution in [-0.2, 0) is 0 Å². The predicted octanol–water partition coefficient (Wildman–Crippen LogP) is 2.94. The lowest BCUT2D eigenvalue weighted by Crippen LogP contribution is -2.47. The minimum atomic E-state index is -0.237. The quantitative estimate of drug-likeness (QED) is 0.848. The molecule has 2 N–H and O–H groups in total. The molecule has 1 fully saturated rings. The molecule has 1 heterocycles. The van der Waals surface area contributed by atoms with E-state index in [-0.39, 0.29) is 11.9 Å². The molecule has 0 unspecified atom stereocenters. The fourth-order valence-electron chi connectivity index (χ4n) is 3.31. The van der Waals surface area contributed by atoms with Crippen LogP contribution in [0.4, 0.5) is 10.5 Å². The second-order valence-corrected chi connectivity index (χ2v) is 7.66. The molecule has 6 heteroatoms. The van der Waals surface area contributed by atoms with Gasteiger partial charge in [0.2, 0.25) is 0 Å². The molecule has 1 aliphatic heterocycles. The zero-order valence-corrected chi connectivity index (χ0v) is 16.6. The maximum absolute atomic E-state index is 12.3. The van der Waals surface area contributed by atoms with E-state index >= 15 is 0 Å². The summed E-state index contributed by atoms with van der Waals surface area (Å²) in [4.78, 5) is 28.4. The average molecular weight is 361 g/mol. The molecule has 0 aliphatic carbocycles. The van der Waals surface area contributed by atoms with Crippen LogP contribution in [0.5, 0.6) is 0 Å². The maximum atomic E-state index is 12.3. The van der Waals surface area contributed by atoms with Gasteiger partial charge in [-0.2, -0.15) is 0 Å². The van der Waals surface area contributed by atoms with Crippen LogP contribution in [0.15, 0.2) is 18.2 Å². The standard InChI is InChI=1S/C20H32N4O2/c1-14-7-6-10-24(13-14)16(3)12-21-20(26)22-18-11-17(9-8-15(18)2)19(25)23(4)5/h8-9,11,14,16H,6-7,10,12-13H2,1-5H3,(H2,21,22,26)/t14-,16-/m0/s1. The number of carbonyl (C=O) groups excluding carboxylic acids is 2. The molecule has 1 aromatic rings. The molecule has 2 rings (SSSR count). The van der Waals surface area contributed by atoms with E-state index in [0.29, 0.717) is 23.8 Å². The lowest BCUT2D eigenvalue weighted by Gasteiger charge is -2.35. The van der Waals surface area contributed by atoms with Crippen LogP contribution < -0.4 is 10.6 Å². The highest BCUT2D eigenvalue weighted by Gasteiger charge is 2.21. The van der Waals surface area contributed by atoms with Crippen molar-refractivity contribution in [2.75, 3.05) is 39.0 Å². The van der Waals surface area contributed by atoms with Crippen LogP contribution >= 0.6 is 0 Å². The summed E-state index contributed by atoms with van der Waals surface area (Å²) in [5.74, 6) is 0.640. The summed E-state index contributed by atoms with van der Waals surface area (Å²) in [6.07, 6.45) is 2.52. The highest BCUT2D eigenvalue weighted by atomic mass is 16.2. The number of aryl methyl sites for hydroxylation is 1. The molecular formula is C20H32N4O2. The first-order valence-electron chi connectivity index (χ1n) is 9.39. The molecule has 0 aromatic heterocycles. The van der Waals surface area contributed by atoms with E-state index < -0.39 is 0 Å². The van der Waals surface area contributed by atoms with Crippen LogP contribution in [0.2, 0.25) is 0 Å². The lowest BCUT2D eigenvalue weighted by molar-refractivity contribution is 0.0827. The van der Waals surface area contributed by atoms with Gasteiger partial charge >= 0.3 is 6.03 Å². The number of rotatable bonds is 5. The topological polar surface area (TPSA) is 64.7 Å². The van der Waals surface area contributed by atoms with Crippen molar-refractivity contribution in [3.05, 3.63) is 29.3 Å². The van der Waals surface area contributed by atoms with E-state index in [0.717, 1.165) is 24.6 Å². The van der Waals surface area contributed by atoms with Gasteiger partial charge in [-0.25, -0.2) is 4.79 Å². The van der Waals surface area contributed by atoms with Crippen LogP contribution in [0, 0.1) is 12.8 Å². The average Bonchev–Trinajstić information content (AvgIpc) is 2.60. The third kappa shape index (κ3) is 5.46. The van der Waals surface area contributed by atoms with Gasteiger partial charge < -0.3 is 15.5 Å². The Hall–Kier alpha value is -2.08. The molecular weight excluding hydrogens is 328 g/mol. The summed E-state index contributed by atoms with van der Waals surface area (Å²) in [5, 5.41) is 5.83. The van der Waals surface area contributed by atoms with E-state index in [1.807, 2.05) is 13.0 Å². The Bertz CT molecular complexity index is 645.